The molecule has 13 heteroatoms. The van der Waals surface area contributed by atoms with Crippen molar-refractivity contribution in [1.29, 1.82) is 0 Å². The van der Waals surface area contributed by atoms with Gasteiger partial charge in [0.25, 0.3) is 0 Å². The van der Waals surface area contributed by atoms with Crippen LogP contribution in [0.5, 0.6) is 5.75 Å². The number of carbonyl (C=O) groups is 2. The van der Waals surface area contributed by atoms with Crippen molar-refractivity contribution >= 4 is 22.0 Å². The minimum atomic E-state index is -5.08. The van der Waals surface area contributed by atoms with Crippen LogP contribution in [0.3, 0.4) is 0 Å². The summed E-state index contributed by atoms with van der Waals surface area (Å²) < 4.78 is 71.1. The predicted molar refractivity (Wildman–Crippen MR) is 115 cm³/mol. The number of carboxylic acids is 1. The molecule has 2 aliphatic rings. The van der Waals surface area contributed by atoms with Crippen molar-refractivity contribution in [3.05, 3.63) is 24.3 Å². The molecule has 2 heterocycles. The minimum absolute atomic E-state index is 0.195. The number of ether oxygens (including phenoxy) is 2. The molecule has 192 valence electrons. The van der Waals surface area contributed by atoms with Gasteiger partial charge in [0.05, 0.1) is 19.7 Å². The first-order valence-corrected chi connectivity index (χ1v) is 12.1. The Kier molecular flexibility index (Phi) is 9.31. The standard InChI is InChI=1S/C19H28N2O5S.C2HF3O2/c1-14(2)12-21-15-8-10-20(13-19(22)25-3)11-9-16(15)26-17-6-4-5-7-18(17)27(21,23)24;3-2(4,5)1(6)7/h4-7,14-16H,8-13H2,1-3H3;(H,6,7)/t15-,16-;/m0./s1. The van der Waals surface area contributed by atoms with Crippen LogP contribution in [0.1, 0.15) is 26.7 Å². The van der Waals surface area contributed by atoms with Crippen LogP contribution in [0.25, 0.3) is 0 Å². The normalized spacial score (nSPS) is 22.7. The number of rotatable bonds is 4. The van der Waals surface area contributed by atoms with E-state index in [-0.39, 0.29) is 35.5 Å². The summed E-state index contributed by atoms with van der Waals surface area (Å²) in [5.74, 6) is -2.43. The largest absolute Gasteiger partial charge is 0.490 e. The highest BCUT2D eigenvalue weighted by Gasteiger charge is 2.43. The summed E-state index contributed by atoms with van der Waals surface area (Å²) in [5.41, 5.74) is 0. The molecule has 1 fully saturated rings. The average Bonchev–Trinajstić information content (AvgIpc) is 2.98. The molecule has 0 aromatic heterocycles. The van der Waals surface area contributed by atoms with E-state index in [0.29, 0.717) is 38.2 Å². The van der Waals surface area contributed by atoms with Gasteiger partial charge in [-0.15, -0.1) is 0 Å². The maximum absolute atomic E-state index is 13.4. The van der Waals surface area contributed by atoms with Gasteiger partial charge in [0.1, 0.15) is 16.7 Å². The Balaban J connectivity index is 0.000000509. The number of aliphatic carboxylic acids is 1. The van der Waals surface area contributed by atoms with Gasteiger partial charge in [-0.3, -0.25) is 9.69 Å². The number of esters is 1. The van der Waals surface area contributed by atoms with Crippen molar-refractivity contribution in [1.82, 2.24) is 9.21 Å². The molecule has 1 aromatic rings. The van der Waals surface area contributed by atoms with Crippen LogP contribution in [-0.4, -0.2) is 86.3 Å². The van der Waals surface area contributed by atoms with Crippen LogP contribution in [0.4, 0.5) is 13.2 Å². The Hall–Kier alpha value is -2.38. The van der Waals surface area contributed by atoms with E-state index >= 15 is 0 Å². The van der Waals surface area contributed by atoms with Crippen LogP contribution in [0.2, 0.25) is 0 Å². The molecule has 1 saturated heterocycles. The third-order valence-corrected chi connectivity index (χ3v) is 7.28. The van der Waals surface area contributed by atoms with Crippen LogP contribution in [0, 0.1) is 5.92 Å². The summed E-state index contributed by atoms with van der Waals surface area (Å²) in [5, 5.41) is 7.12. The van der Waals surface area contributed by atoms with Gasteiger partial charge in [-0.1, -0.05) is 26.0 Å². The maximum atomic E-state index is 13.4. The first kappa shape index (κ1) is 27.9. The van der Waals surface area contributed by atoms with E-state index in [1.165, 1.54) is 7.11 Å². The molecule has 0 unspecified atom stereocenters. The number of sulfonamides is 1. The van der Waals surface area contributed by atoms with Gasteiger partial charge in [-0.25, -0.2) is 13.2 Å². The zero-order chi connectivity index (χ0) is 25.7. The van der Waals surface area contributed by atoms with Gasteiger partial charge in [0, 0.05) is 19.6 Å². The number of carbonyl (C=O) groups excluding carboxylic acids is 1. The van der Waals surface area contributed by atoms with Gasteiger partial charge >= 0.3 is 18.1 Å². The molecule has 2 aliphatic heterocycles. The highest BCUT2D eigenvalue weighted by Crippen LogP contribution is 2.36. The Labute approximate surface area is 196 Å². The topological polar surface area (TPSA) is 113 Å². The lowest BCUT2D eigenvalue weighted by molar-refractivity contribution is -0.192. The molecule has 0 radical (unpaired) electrons. The predicted octanol–water partition coefficient (Wildman–Crippen LogP) is 2.36. The lowest BCUT2D eigenvalue weighted by atomic mass is 10.0. The minimum Gasteiger partial charge on any atom is -0.487 e. The van der Waals surface area contributed by atoms with Crippen molar-refractivity contribution < 1.29 is 45.8 Å². The van der Waals surface area contributed by atoms with Crippen LogP contribution >= 0.6 is 0 Å². The van der Waals surface area contributed by atoms with E-state index < -0.39 is 22.2 Å². The molecule has 0 saturated carbocycles. The number of benzene rings is 1. The monoisotopic (exact) mass is 510 g/mol. The molecule has 0 amide bonds. The number of likely N-dealkylation sites (tertiary alicyclic amines) is 1. The number of alkyl halides is 3. The second kappa shape index (κ2) is 11.4. The van der Waals surface area contributed by atoms with Crippen molar-refractivity contribution in [2.75, 3.05) is 33.3 Å². The van der Waals surface area contributed by atoms with E-state index in [2.05, 4.69) is 0 Å². The van der Waals surface area contributed by atoms with E-state index in [4.69, 9.17) is 19.4 Å². The molecule has 9 nitrogen and oxygen atoms in total. The number of hydrogen-bond acceptors (Lipinski definition) is 7. The van der Waals surface area contributed by atoms with E-state index in [1.54, 1.807) is 28.6 Å². The molecule has 1 aromatic carbocycles. The van der Waals surface area contributed by atoms with Gasteiger partial charge in [0.2, 0.25) is 10.0 Å². The van der Waals surface area contributed by atoms with Crippen molar-refractivity contribution in [3.63, 3.8) is 0 Å². The number of carboxylic acid groups (broad SMARTS) is 1. The van der Waals surface area contributed by atoms with Gasteiger partial charge in [0.15, 0.2) is 0 Å². The van der Waals surface area contributed by atoms with Gasteiger partial charge in [-0.2, -0.15) is 17.5 Å². The quantitative estimate of drug-likeness (QED) is 0.615. The number of fused-ring (bicyclic) bond motifs is 2. The lowest BCUT2D eigenvalue weighted by Gasteiger charge is -2.32. The van der Waals surface area contributed by atoms with Crippen LogP contribution in [-0.2, 0) is 24.3 Å². The van der Waals surface area contributed by atoms with Crippen LogP contribution in [0.15, 0.2) is 29.2 Å². The fraction of sp³-hybridized carbons (Fsp3) is 0.619. The second-order valence-electron chi connectivity index (χ2n) is 8.37. The number of para-hydroxylation sites is 1. The third-order valence-electron chi connectivity index (χ3n) is 5.35. The van der Waals surface area contributed by atoms with E-state index in [0.717, 1.165) is 0 Å². The first-order valence-electron chi connectivity index (χ1n) is 10.6. The SMILES string of the molecule is COC(=O)CN1CC[C@@H]2Oc3ccccc3S(=O)(=O)N(CC(C)C)[C@H]2CC1.O=C(O)C(F)(F)F. The zero-order valence-electron chi connectivity index (χ0n) is 19.1. The highest BCUT2D eigenvalue weighted by atomic mass is 32.2. The van der Waals surface area contributed by atoms with Crippen molar-refractivity contribution in [2.24, 2.45) is 5.92 Å². The lowest BCUT2D eigenvalue weighted by Crippen LogP contribution is -2.48. The summed E-state index contributed by atoms with van der Waals surface area (Å²) in [6.07, 6.45) is -4.06. The number of methoxy groups -OCH3 is 1. The summed E-state index contributed by atoms with van der Waals surface area (Å²) in [6.45, 7) is 5.97. The van der Waals surface area contributed by atoms with Crippen molar-refractivity contribution in [2.45, 2.75) is 49.9 Å². The Bertz CT molecular complexity index is 969. The van der Waals surface area contributed by atoms with Gasteiger partial charge < -0.3 is 14.6 Å². The van der Waals surface area contributed by atoms with Gasteiger partial charge in [-0.05, 0) is 30.9 Å². The highest BCUT2D eigenvalue weighted by molar-refractivity contribution is 7.89. The Morgan fingerprint density at radius 3 is 2.35 bits per heavy atom. The summed E-state index contributed by atoms with van der Waals surface area (Å²) in [7, 11) is -2.27. The molecule has 1 N–H and O–H groups in total. The average molecular weight is 511 g/mol. The van der Waals surface area contributed by atoms with E-state index in [9.17, 15) is 26.4 Å². The fourth-order valence-corrected chi connectivity index (χ4v) is 5.77. The first-order chi connectivity index (χ1) is 15.8. The summed E-state index contributed by atoms with van der Waals surface area (Å²) in [4.78, 5) is 22.8. The molecule has 0 bridgehead atoms. The Morgan fingerprint density at radius 2 is 1.79 bits per heavy atom. The molecular weight excluding hydrogens is 481 g/mol. The zero-order valence-corrected chi connectivity index (χ0v) is 19.9. The third kappa shape index (κ3) is 7.06. The molecular formula is C21H29F3N2O7S. The second-order valence-corrected chi connectivity index (χ2v) is 10.2. The molecule has 3 rings (SSSR count). The number of halogens is 3. The fourth-order valence-electron chi connectivity index (χ4n) is 3.81. The number of nitrogens with zero attached hydrogens (tertiary/aromatic N) is 2. The summed E-state index contributed by atoms with van der Waals surface area (Å²) >= 11 is 0. The Morgan fingerprint density at radius 1 is 1.21 bits per heavy atom. The van der Waals surface area contributed by atoms with E-state index in [1.807, 2.05) is 18.7 Å². The molecule has 34 heavy (non-hydrogen) atoms. The van der Waals surface area contributed by atoms with Crippen molar-refractivity contribution in [3.8, 4) is 5.75 Å². The number of hydrogen-bond donors (Lipinski definition) is 1. The molecule has 2 atom stereocenters. The maximum Gasteiger partial charge on any atom is 0.490 e. The summed E-state index contributed by atoms with van der Waals surface area (Å²) in [6, 6.07) is 6.61. The smallest absolute Gasteiger partial charge is 0.487 e. The molecule has 0 spiro atoms. The molecule has 0 aliphatic carbocycles. The van der Waals surface area contributed by atoms with Crippen LogP contribution < -0.4 is 4.74 Å².